The Hall–Kier alpha value is -2.47. The van der Waals surface area contributed by atoms with E-state index in [-0.39, 0.29) is 43.3 Å². The normalized spacial score (nSPS) is 26.6. The molecule has 0 radical (unpaired) electrons. The molecule has 1 saturated carbocycles. The highest BCUT2D eigenvalue weighted by Crippen LogP contribution is 2.60. The highest BCUT2D eigenvalue weighted by Gasteiger charge is 2.71. The van der Waals surface area contributed by atoms with E-state index in [1.54, 1.807) is 0 Å². The minimum absolute atomic E-state index is 0.115. The molecular formula is C23H29F3N6O3. The van der Waals surface area contributed by atoms with E-state index >= 15 is 0 Å². The zero-order valence-corrected chi connectivity index (χ0v) is 19.6. The Morgan fingerprint density at radius 1 is 1.26 bits per heavy atom. The zero-order chi connectivity index (χ0) is 24.4. The lowest BCUT2D eigenvalue weighted by molar-refractivity contribution is -0.204. The first kappa shape index (κ1) is 23.0. The summed E-state index contributed by atoms with van der Waals surface area (Å²) in [6, 6.07) is 1.77. The molecule has 1 spiro atoms. The van der Waals surface area contributed by atoms with E-state index < -0.39 is 17.5 Å². The third kappa shape index (κ3) is 3.67. The molecule has 1 aliphatic carbocycles. The minimum atomic E-state index is -4.49. The Morgan fingerprint density at radius 2 is 2.00 bits per heavy atom. The van der Waals surface area contributed by atoms with Gasteiger partial charge in [0.05, 0.1) is 5.69 Å². The summed E-state index contributed by atoms with van der Waals surface area (Å²) in [7, 11) is 0. The van der Waals surface area contributed by atoms with Gasteiger partial charge in [0, 0.05) is 62.8 Å². The predicted octanol–water partition coefficient (Wildman–Crippen LogP) is 2.63. The number of hydrogen-bond donors (Lipinski definition) is 1. The summed E-state index contributed by atoms with van der Waals surface area (Å²) in [5.41, 5.74) is -1.51. The van der Waals surface area contributed by atoms with Crippen LogP contribution in [-0.4, -0.2) is 76.3 Å². The van der Waals surface area contributed by atoms with Gasteiger partial charge >= 0.3 is 6.18 Å². The van der Waals surface area contributed by atoms with Crippen LogP contribution in [0.5, 0.6) is 0 Å². The minimum Gasteiger partial charge on any atom is -0.381 e. The fourth-order valence-electron chi connectivity index (χ4n) is 5.86. The third-order valence-corrected chi connectivity index (χ3v) is 8.36. The van der Waals surface area contributed by atoms with E-state index in [9.17, 15) is 18.0 Å². The van der Waals surface area contributed by atoms with Crippen molar-refractivity contribution in [3.63, 3.8) is 0 Å². The van der Waals surface area contributed by atoms with Gasteiger partial charge in [-0.1, -0.05) is 5.16 Å². The highest BCUT2D eigenvalue weighted by atomic mass is 19.4. The fourth-order valence-corrected chi connectivity index (χ4v) is 5.86. The summed E-state index contributed by atoms with van der Waals surface area (Å²) < 4.78 is 53.0. The second kappa shape index (κ2) is 8.02. The van der Waals surface area contributed by atoms with Gasteiger partial charge in [0.2, 0.25) is 5.91 Å². The molecule has 4 aliphatic rings. The molecule has 2 aromatic heterocycles. The summed E-state index contributed by atoms with van der Waals surface area (Å²) in [5.74, 6) is 0.425. The molecule has 6 rings (SSSR count). The molecule has 4 fully saturated rings. The molecule has 3 aliphatic heterocycles. The number of nitrogens with one attached hydrogen (secondary N) is 1. The molecule has 35 heavy (non-hydrogen) atoms. The molecule has 190 valence electrons. The van der Waals surface area contributed by atoms with Crippen molar-refractivity contribution < 1.29 is 27.2 Å². The summed E-state index contributed by atoms with van der Waals surface area (Å²) >= 11 is 0. The molecule has 2 aromatic rings. The van der Waals surface area contributed by atoms with E-state index in [0.717, 1.165) is 31.7 Å². The van der Waals surface area contributed by atoms with Crippen LogP contribution in [-0.2, 0) is 9.53 Å². The summed E-state index contributed by atoms with van der Waals surface area (Å²) in [6.45, 7) is 5.18. The molecule has 9 nitrogen and oxygen atoms in total. The number of carbonyl (C=O) groups is 1. The maximum Gasteiger partial charge on any atom is 0.403 e. The van der Waals surface area contributed by atoms with Crippen molar-refractivity contribution in [1.82, 2.24) is 30.1 Å². The number of carbonyl (C=O) groups excluding carboxylic acids is 1. The second-order valence-electron chi connectivity index (χ2n) is 10.6. The van der Waals surface area contributed by atoms with Gasteiger partial charge in [-0.15, -0.1) is 0 Å². The Bertz CT molecular complexity index is 1100. The van der Waals surface area contributed by atoms with E-state index in [0.29, 0.717) is 30.7 Å². The van der Waals surface area contributed by atoms with Gasteiger partial charge in [-0.05, 0) is 38.7 Å². The van der Waals surface area contributed by atoms with Crippen molar-refractivity contribution in [1.29, 1.82) is 0 Å². The molecule has 1 unspecified atom stereocenters. The molecule has 3 saturated heterocycles. The van der Waals surface area contributed by atoms with Gasteiger partial charge in [0.1, 0.15) is 11.5 Å². The van der Waals surface area contributed by atoms with Crippen LogP contribution in [0.25, 0.3) is 0 Å². The van der Waals surface area contributed by atoms with Crippen LogP contribution < -0.4 is 5.32 Å². The maximum absolute atomic E-state index is 13.4. The number of ether oxygens (including phenoxy) is 1. The summed E-state index contributed by atoms with van der Waals surface area (Å²) in [6.07, 6.45) is -0.892. The average Bonchev–Trinajstić information content (AvgIpc) is 3.19. The van der Waals surface area contributed by atoms with Crippen LogP contribution in [0.4, 0.5) is 13.2 Å². The van der Waals surface area contributed by atoms with E-state index in [2.05, 4.69) is 15.5 Å². The first-order valence-corrected chi connectivity index (χ1v) is 12.3. The lowest BCUT2D eigenvalue weighted by atomic mass is 9.70. The van der Waals surface area contributed by atoms with E-state index in [4.69, 9.17) is 14.4 Å². The number of halogens is 3. The van der Waals surface area contributed by atoms with Crippen molar-refractivity contribution >= 4 is 5.91 Å². The molecule has 0 bridgehead atoms. The van der Waals surface area contributed by atoms with Crippen molar-refractivity contribution in [3.05, 3.63) is 29.7 Å². The lowest BCUT2D eigenvalue weighted by Gasteiger charge is -2.51. The first-order valence-electron chi connectivity index (χ1n) is 12.3. The van der Waals surface area contributed by atoms with Gasteiger partial charge in [0.15, 0.2) is 5.82 Å². The number of alkyl halides is 3. The highest BCUT2D eigenvalue weighted by molar-refractivity contribution is 5.87. The fraction of sp³-hybridized carbons (Fsp3) is 0.739. The number of amides is 1. The Kier molecular flexibility index (Phi) is 5.26. The van der Waals surface area contributed by atoms with Crippen LogP contribution in [0.3, 0.4) is 0 Å². The quantitative estimate of drug-likeness (QED) is 0.682. The van der Waals surface area contributed by atoms with E-state index in [1.807, 2.05) is 23.9 Å². The third-order valence-electron chi connectivity index (χ3n) is 8.36. The largest absolute Gasteiger partial charge is 0.403 e. The summed E-state index contributed by atoms with van der Waals surface area (Å²) in [5, 5.41) is 12.3. The van der Waals surface area contributed by atoms with E-state index in [1.165, 1.54) is 4.90 Å². The molecular weight excluding hydrogens is 465 g/mol. The number of rotatable bonds is 5. The zero-order valence-electron chi connectivity index (χ0n) is 19.6. The van der Waals surface area contributed by atoms with Crippen LogP contribution in [0.1, 0.15) is 67.9 Å². The number of aromatic nitrogens is 4. The van der Waals surface area contributed by atoms with Crippen molar-refractivity contribution in [2.75, 3.05) is 39.4 Å². The number of hydrogen-bond acceptors (Lipinski definition) is 7. The first-order chi connectivity index (χ1) is 16.7. The van der Waals surface area contributed by atoms with Crippen LogP contribution in [0.15, 0.2) is 16.8 Å². The molecule has 2 atom stereocenters. The Balaban J connectivity index is 1.13. The maximum atomic E-state index is 13.4. The van der Waals surface area contributed by atoms with Gasteiger partial charge in [-0.2, -0.15) is 23.3 Å². The Morgan fingerprint density at radius 3 is 2.69 bits per heavy atom. The lowest BCUT2D eigenvalue weighted by Crippen LogP contribution is -2.64. The smallest absolute Gasteiger partial charge is 0.381 e. The standard InChI is InChI=1S/C23H29F3N6O3/c1-14(32-7-2-17(29-32)15-3-8-34-9-4-15)19-28-18(30-35-19)16-10-27-11-21(16)12-31(13-21)20(33)22(5-6-22)23(24,25)26/h2,7,14-16,27H,3-6,8-13H2,1H3/t14?,16-/m1/s1. The van der Waals surface area contributed by atoms with Gasteiger partial charge in [0.25, 0.3) is 5.89 Å². The van der Waals surface area contributed by atoms with Crippen molar-refractivity contribution in [2.45, 2.75) is 56.7 Å². The Labute approximate surface area is 200 Å². The molecule has 5 heterocycles. The molecule has 1 N–H and O–H groups in total. The summed E-state index contributed by atoms with van der Waals surface area (Å²) in [4.78, 5) is 18.6. The second-order valence-corrected chi connectivity index (χ2v) is 10.6. The molecule has 1 amide bonds. The topological polar surface area (TPSA) is 98.3 Å². The molecule has 0 aromatic carbocycles. The monoisotopic (exact) mass is 494 g/mol. The van der Waals surface area contributed by atoms with Gasteiger partial charge in [-0.25, -0.2) is 0 Å². The van der Waals surface area contributed by atoms with Crippen LogP contribution in [0, 0.1) is 10.8 Å². The average molecular weight is 495 g/mol. The van der Waals surface area contributed by atoms with Gasteiger partial charge < -0.3 is 19.5 Å². The SMILES string of the molecule is CC(c1nc([C@H]2CNCC23CN(C(=O)C2(C(F)(F)F)CC2)C3)no1)n1ccc(C2CCOCC2)n1. The van der Waals surface area contributed by atoms with Gasteiger partial charge in [-0.3, -0.25) is 9.48 Å². The molecule has 12 heteroatoms. The number of nitrogens with zero attached hydrogens (tertiary/aromatic N) is 5. The van der Waals surface area contributed by atoms with Crippen molar-refractivity contribution in [2.24, 2.45) is 10.8 Å². The van der Waals surface area contributed by atoms with Crippen LogP contribution >= 0.6 is 0 Å². The van der Waals surface area contributed by atoms with Crippen LogP contribution in [0.2, 0.25) is 0 Å². The van der Waals surface area contributed by atoms with Crippen molar-refractivity contribution in [3.8, 4) is 0 Å². The predicted molar refractivity (Wildman–Crippen MR) is 115 cm³/mol. The number of likely N-dealkylation sites (tertiary alicyclic amines) is 1.